The number of hydrogen-bond acceptors (Lipinski definition) is 2. The Morgan fingerprint density at radius 2 is 2.00 bits per heavy atom. The average molecular weight is 227 g/mol. The molecule has 4 N–H and O–H groups in total. The van der Waals surface area contributed by atoms with Crippen molar-refractivity contribution in [3.05, 3.63) is 28.2 Å². The van der Waals surface area contributed by atoms with Gasteiger partial charge in [0.25, 0.3) is 0 Å². The first-order valence-electron chi connectivity index (χ1n) is 3.96. The molecule has 0 heterocycles. The monoisotopic (exact) mass is 226 g/mol. The van der Waals surface area contributed by atoms with Gasteiger partial charge in [0.05, 0.1) is 0 Å². The largest absolute Gasteiger partial charge is 0.399 e. The number of nitrogens with two attached hydrogens (primary N) is 2. The number of rotatable bonds is 1. The van der Waals surface area contributed by atoms with E-state index in [1.54, 1.807) is 0 Å². The van der Waals surface area contributed by atoms with Gasteiger partial charge in [0, 0.05) is 15.7 Å². The van der Waals surface area contributed by atoms with Crippen LogP contribution < -0.4 is 11.5 Å². The van der Waals surface area contributed by atoms with Crippen LogP contribution in [0.15, 0.2) is 22.7 Å². The van der Waals surface area contributed by atoms with Crippen molar-refractivity contribution in [1.82, 2.24) is 0 Å². The SMILES string of the molecule is Nc1ccc(Br)c(C2(N)CC2)c1. The maximum absolute atomic E-state index is 6.05. The Kier molecular flexibility index (Phi) is 1.66. The molecule has 0 aliphatic heterocycles. The molecule has 1 aliphatic rings. The van der Waals surface area contributed by atoms with Crippen LogP contribution in [-0.2, 0) is 5.54 Å². The van der Waals surface area contributed by atoms with Crippen LogP contribution in [0.5, 0.6) is 0 Å². The molecule has 0 atom stereocenters. The predicted octanol–water partition coefficient (Wildman–Crippen LogP) is 1.98. The summed E-state index contributed by atoms with van der Waals surface area (Å²) in [6.07, 6.45) is 2.13. The van der Waals surface area contributed by atoms with Gasteiger partial charge >= 0.3 is 0 Å². The summed E-state index contributed by atoms with van der Waals surface area (Å²) in [7, 11) is 0. The number of benzene rings is 1. The van der Waals surface area contributed by atoms with Gasteiger partial charge in [0.15, 0.2) is 0 Å². The molecule has 0 unspecified atom stereocenters. The fourth-order valence-corrected chi connectivity index (χ4v) is 1.97. The summed E-state index contributed by atoms with van der Waals surface area (Å²) in [5, 5.41) is 0. The molecular weight excluding hydrogens is 216 g/mol. The van der Waals surface area contributed by atoms with Crippen molar-refractivity contribution in [2.75, 3.05) is 5.73 Å². The van der Waals surface area contributed by atoms with E-state index in [9.17, 15) is 0 Å². The summed E-state index contributed by atoms with van der Waals surface area (Å²) >= 11 is 3.47. The minimum absolute atomic E-state index is 0.103. The van der Waals surface area contributed by atoms with Crippen molar-refractivity contribution < 1.29 is 0 Å². The highest BCUT2D eigenvalue weighted by Gasteiger charge is 2.41. The summed E-state index contributed by atoms with van der Waals surface area (Å²) in [5.74, 6) is 0. The summed E-state index contributed by atoms with van der Waals surface area (Å²) in [4.78, 5) is 0. The summed E-state index contributed by atoms with van der Waals surface area (Å²) in [5.41, 5.74) is 13.5. The Bertz CT molecular complexity index is 318. The fraction of sp³-hybridized carbons (Fsp3) is 0.333. The zero-order valence-corrected chi connectivity index (χ0v) is 8.26. The molecule has 0 amide bonds. The van der Waals surface area contributed by atoms with Crippen molar-refractivity contribution in [1.29, 1.82) is 0 Å². The lowest BCUT2D eigenvalue weighted by atomic mass is 10.1. The third-order valence-electron chi connectivity index (χ3n) is 2.32. The van der Waals surface area contributed by atoms with Gasteiger partial charge in [-0.3, -0.25) is 0 Å². The van der Waals surface area contributed by atoms with Crippen LogP contribution in [0.3, 0.4) is 0 Å². The zero-order valence-electron chi connectivity index (χ0n) is 6.68. The molecule has 0 saturated heterocycles. The van der Waals surface area contributed by atoms with Gasteiger partial charge in [-0.05, 0) is 36.6 Å². The molecule has 0 spiro atoms. The third kappa shape index (κ3) is 1.23. The molecule has 12 heavy (non-hydrogen) atoms. The topological polar surface area (TPSA) is 52.0 Å². The molecule has 0 bridgehead atoms. The number of nitrogen functional groups attached to an aromatic ring is 1. The Balaban J connectivity index is 2.48. The second-order valence-electron chi connectivity index (χ2n) is 3.40. The fourth-order valence-electron chi connectivity index (χ4n) is 1.33. The van der Waals surface area contributed by atoms with Crippen molar-refractivity contribution in [3.8, 4) is 0 Å². The van der Waals surface area contributed by atoms with Gasteiger partial charge in [0.1, 0.15) is 0 Å². The third-order valence-corrected chi connectivity index (χ3v) is 3.01. The Morgan fingerprint density at radius 3 is 2.58 bits per heavy atom. The van der Waals surface area contributed by atoms with Gasteiger partial charge in [-0.2, -0.15) is 0 Å². The lowest BCUT2D eigenvalue weighted by molar-refractivity contribution is 0.736. The summed E-state index contributed by atoms with van der Waals surface area (Å²) < 4.78 is 1.07. The van der Waals surface area contributed by atoms with E-state index in [4.69, 9.17) is 11.5 Å². The van der Waals surface area contributed by atoms with Gasteiger partial charge in [0.2, 0.25) is 0 Å². The molecule has 0 aromatic heterocycles. The Morgan fingerprint density at radius 1 is 1.33 bits per heavy atom. The highest BCUT2D eigenvalue weighted by molar-refractivity contribution is 9.10. The van der Waals surface area contributed by atoms with Crippen LogP contribution in [0.25, 0.3) is 0 Å². The van der Waals surface area contributed by atoms with Gasteiger partial charge < -0.3 is 11.5 Å². The van der Waals surface area contributed by atoms with E-state index in [0.29, 0.717) is 0 Å². The number of anilines is 1. The second-order valence-corrected chi connectivity index (χ2v) is 4.25. The van der Waals surface area contributed by atoms with E-state index >= 15 is 0 Å². The van der Waals surface area contributed by atoms with Gasteiger partial charge in [-0.1, -0.05) is 15.9 Å². The Labute approximate surface area is 80.1 Å². The first-order chi connectivity index (χ1) is 5.62. The number of halogens is 1. The molecule has 2 rings (SSSR count). The highest BCUT2D eigenvalue weighted by Crippen LogP contribution is 2.45. The Hall–Kier alpha value is -0.540. The van der Waals surface area contributed by atoms with Crippen molar-refractivity contribution in [2.24, 2.45) is 5.73 Å². The molecule has 1 aromatic rings. The van der Waals surface area contributed by atoms with Gasteiger partial charge in [-0.15, -0.1) is 0 Å². The molecule has 3 heteroatoms. The molecule has 1 fully saturated rings. The lowest BCUT2D eigenvalue weighted by Crippen LogP contribution is -2.19. The summed E-state index contributed by atoms with van der Waals surface area (Å²) in [6.45, 7) is 0. The van der Waals surface area contributed by atoms with Crippen LogP contribution in [0.2, 0.25) is 0 Å². The number of hydrogen-bond donors (Lipinski definition) is 2. The molecule has 1 aromatic carbocycles. The smallest absolute Gasteiger partial charge is 0.0423 e. The molecule has 64 valence electrons. The van der Waals surface area contributed by atoms with E-state index in [0.717, 1.165) is 28.6 Å². The molecule has 1 saturated carbocycles. The first-order valence-corrected chi connectivity index (χ1v) is 4.75. The average Bonchev–Trinajstić information content (AvgIpc) is 2.75. The van der Waals surface area contributed by atoms with Crippen molar-refractivity contribution >= 4 is 21.6 Å². The minimum Gasteiger partial charge on any atom is -0.399 e. The molecule has 0 radical (unpaired) electrons. The maximum atomic E-state index is 6.05. The van der Waals surface area contributed by atoms with Gasteiger partial charge in [-0.25, -0.2) is 0 Å². The van der Waals surface area contributed by atoms with Crippen LogP contribution in [0.1, 0.15) is 18.4 Å². The summed E-state index contributed by atoms with van der Waals surface area (Å²) in [6, 6.07) is 5.79. The first kappa shape index (κ1) is 8.08. The van der Waals surface area contributed by atoms with E-state index in [1.165, 1.54) is 0 Å². The van der Waals surface area contributed by atoms with Crippen LogP contribution in [0, 0.1) is 0 Å². The van der Waals surface area contributed by atoms with Crippen molar-refractivity contribution in [3.63, 3.8) is 0 Å². The second kappa shape index (κ2) is 2.47. The standard InChI is InChI=1S/C9H11BrN2/c10-8-2-1-6(11)5-7(8)9(12)3-4-9/h1-2,5H,3-4,11-12H2. The molecule has 1 aliphatic carbocycles. The minimum atomic E-state index is -0.103. The molecule has 2 nitrogen and oxygen atoms in total. The normalized spacial score (nSPS) is 19.2. The van der Waals surface area contributed by atoms with E-state index < -0.39 is 0 Å². The predicted molar refractivity (Wildman–Crippen MR) is 53.7 cm³/mol. The quantitative estimate of drug-likeness (QED) is 0.720. The van der Waals surface area contributed by atoms with Crippen LogP contribution >= 0.6 is 15.9 Å². The highest BCUT2D eigenvalue weighted by atomic mass is 79.9. The zero-order chi connectivity index (χ0) is 8.77. The lowest BCUT2D eigenvalue weighted by Gasteiger charge is -2.11. The van der Waals surface area contributed by atoms with E-state index in [2.05, 4.69) is 15.9 Å². The van der Waals surface area contributed by atoms with Crippen LogP contribution in [0.4, 0.5) is 5.69 Å². The molecular formula is C9H11BrN2. The van der Waals surface area contributed by atoms with Crippen LogP contribution in [-0.4, -0.2) is 0 Å². The van der Waals surface area contributed by atoms with E-state index in [-0.39, 0.29) is 5.54 Å². The maximum Gasteiger partial charge on any atom is 0.0423 e. The van der Waals surface area contributed by atoms with Crippen molar-refractivity contribution in [2.45, 2.75) is 18.4 Å². The van der Waals surface area contributed by atoms with E-state index in [1.807, 2.05) is 18.2 Å².